The van der Waals surface area contributed by atoms with Crippen LogP contribution >= 0.6 is 11.3 Å². The summed E-state index contributed by atoms with van der Waals surface area (Å²) >= 11 is 1.42. The van der Waals surface area contributed by atoms with Gasteiger partial charge in [-0.15, -0.1) is 11.3 Å². The summed E-state index contributed by atoms with van der Waals surface area (Å²) in [6.07, 6.45) is -0.196. The van der Waals surface area contributed by atoms with Crippen molar-refractivity contribution in [3.05, 3.63) is 76.9 Å². The van der Waals surface area contributed by atoms with Gasteiger partial charge in [0, 0.05) is 23.2 Å². The van der Waals surface area contributed by atoms with E-state index in [0.717, 1.165) is 16.5 Å². The van der Waals surface area contributed by atoms with Crippen molar-refractivity contribution in [2.45, 2.75) is 13.0 Å². The highest BCUT2D eigenvalue weighted by Gasteiger charge is 2.18. The van der Waals surface area contributed by atoms with E-state index in [4.69, 9.17) is 10.8 Å². The van der Waals surface area contributed by atoms with E-state index in [9.17, 15) is 9.59 Å². The van der Waals surface area contributed by atoms with Gasteiger partial charge in [-0.1, -0.05) is 36.4 Å². The van der Waals surface area contributed by atoms with E-state index in [-0.39, 0.29) is 12.2 Å². The Balaban J connectivity index is 1.73. The molecule has 2 heterocycles. The number of carbonyl (C=O) groups excluding carboxylic acids is 1. The van der Waals surface area contributed by atoms with Crippen molar-refractivity contribution in [1.29, 1.82) is 0 Å². The molecule has 4 rings (SSSR count). The Morgan fingerprint density at radius 1 is 1.07 bits per heavy atom. The number of aromatic nitrogens is 2. The zero-order valence-corrected chi connectivity index (χ0v) is 16.6. The first-order chi connectivity index (χ1) is 14.5. The maximum Gasteiger partial charge on any atom is 0.307 e. The Hall–Kier alpha value is -3.62. The molecule has 150 valence electrons. The van der Waals surface area contributed by atoms with E-state index < -0.39 is 11.9 Å². The number of hydrogen-bond acceptors (Lipinski definition) is 6. The summed E-state index contributed by atoms with van der Waals surface area (Å²) in [4.78, 5) is 33.7. The molecule has 8 heteroatoms. The molecule has 4 N–H and O–H groups in total. The van der Waals surface area contributed by atoms with E-state index in [1.807, 2.05) is 35.7 Å². The summed E-state index contributed by atoms with van der Waals surface area (Å²) in [5.74, 6) is -1.46. The number of carbonyl (C=O) groups is 2. The van der Waals surface area contributed by atoms with Gasteiger partial charge in [0.1, 0.15) is 4.83 Å². The maximum atomic E-state index is 12.9. The molecule has 0 aliphatic heterocycles. The Bertz CT molecular complexity index is 1250. The number of carboxylic acid groups (broad SMARTS) is 1. The molecule has 7 nitrogen and oxygen atoms in total. The van der Waals surface area contributed by atoms with Gasteiger partial charge in [0.05, 0.1) is 12.1 Å². The lowest BCUT2D eigenvalue weighted by Crippen LogP contribution is -2.17. The van der Waals surface area contributed by atoms with Gasteiger partial charge in [-0.05, 0) is 34.7 Å². The number of amides is 1. The highest BCUT2D eigenvalue weighted by atomic mass is 32.1. The van der Waals surface area contributed by atoms with Crippen molar-refractivity contribution in [3.63, 3.8) is 0 Å². The number of hydrogen-bond donors (Lipinski definition) is 3. The Morgan fingerprint density at radius 2 is 1.90 bits per heavy atom. The molecule has 0 spiro atoms. The molecule has 0 saturated carbocycles. The molecule has 1 amide bonds. The van der Waals surface area contributed by atoms with Crippen LogP contribution in [0.15, 0.2) is 60.0 Å². The van der Waals surface area contributed by atoms with E-state index in [0.29, 0.717) is 28.3 Å². The number of fused-ring (bicyclic) bond motifs is 1. The van der Waals surface area contributed by atoms with Crippen molar-refractivity contribution in [2.24, 2.45) is 5.73 Å². The standard InChI is InChI=1S/C22H18N4O3S/c23-12-13-4-3-6-15(10-13)19-16-8-9-30-22(16)26-20(25-19)21(29)24-17-7-2-1-5-14(17)11-18(27)28/h1-10H,11-12,23H2,(H,24,29)(H,27,28). The molecule has 4 aromatic rings. The minimum absolute atomic E-state index is 0.0169. The third-order valence-corrected chi connectivity index (χ3v) is 5.38. The fraction of sp³-hybridized carbons (Fsp3) is 0.0909. The second-order valence-corrected chi connectivity index (χ2v) is 7.52. The summed E-state index contributed by atoms with van der Waals surface area (Å²) in [7, 11) is 0. The molecule has 2 aromatic heterocycles. The zero-order valence-electron chi connectivity index (χ0n) is 15.8. The number of nitrogens with zero attached hydrogens (tertiary/aromatic N) is 2. The van der Waals surface area contributed by atoms with Crippen molar-refractivity contribution in [2.75, 3.05) is 5.32 Å². The van der Waals surface area contributed by atoms with Crippen LogP contribution in [0.4, 0.5) is 5.69 Å². The number of benzene rings is 2. The topological polar surface area (TPSA) is 118 Å². The second-order valence-electron chi connectivity index (χ2n) is 6.62. The summed E-state index contributed by atoms with van der Waals surface area (Å²) in [5.41, 5.74) is 9.16. The molecule has 0 radical (unpaired) electrons. The molecule has 0 atom stereocenters. The Kier molecular flexibility index (Phi) is 5.51. The van der Waals surface area contributed by atoms with Crippen LogP contribution in [0.1, 0.15) is 21.7 Å². The van der Waals surface area contributed by atoms with Gasteiger partial charge in [0.15, 0.2) is 0 Å². The largest absolute Gasteiger partial charge is 0.481 e. The minimum atomic E-state index is -0.977. The van der Waals surface area contributed by atoms with E-state index in [1.165, 1.54) is 11.3 Å². The average molecular weight is 418 g/mol. The zero-order chi connectivity index (χ0) is 21.1. The Labute approximate surface area is 176 Å². The summed E-state index contributed by atoms with van der Waals surface area (Å²) in [5, 5.41) is 14.6. The minimum Gasteiger partial charge on any atom is -0.481 e. The van der Waals surface area contributed by atoms with E-state index in [1.54, 1.807) is 24.3 Å². The highest BCUT2D eigenvalue weighted by molar-refractivity contribution is 7.16. The maximum absolute atomic E-state index is 12.9. The van der Waals surface area contributed by atoms with Gasteiger partial charge in [0.2, 0.25) is 5.82 Å². The van der Waals surface area contributed by atoms with Gasteiger partial charge >= 0.3 is 5.97 Å². The number of carboxylic acids is 1. The number of rotatable bonds is 6. The molecule has 0 unspecified atom stereocenters. The van der Waals surface area contributed by atoms with Crippen LogP contribution in [-0.2, 0) is 17.8 Å². The molecule has 30 heavy (non-hydrogen) atoms. The summed E-state index contributed by atoms with van der Waals surface area (Å²) < 4.78 is 0. The van der Waals surface area contributed by atoms with Gasteiger partial charge in [-0.25, -0.2) is 9.97 Å². The predicted molar refractivity (Wildman–Crippen MR) is 116 cm³/mol. The van der Waals surface area contributed by atoms with Crippen LogP contribution in [0.5, 0.6) is 0 Å². The predicted octanol–water partition coefficient (Wildman–Crippen LogP) is 3.70. The molecule has 0 aliphatic rings. The number of thiophene rings is 1. The number of nitrogens with two attached hydrogens (primary N) is 1. The van der Waals surface area contributed by atoms with Gasteiger partial charge in [0.25, 0.3) is 5.91 Å². The first-order valence-electron chi connectivity index (χ1n) is 9.21. The number of para-hydroxylation sites is 1. The van der Waals surface area contributed by atoms with Crippen LogP contribution < -0.4 is 11.1 Å². The molecular formula is C22H18N4O3S. The third kappa shape index (κ3) is 4.05. The van der Waals surface area contributed by atoms with Crippen molar-refractivity contribution < 1.29 is 14.7 Å². The Morgan fingerprint density at radius 3 is 2.70 bits per heavy atom. The lowest BCUT2D eigenvalue weighted by molar-refractivity contribution is -0.136. The van der Waals surface area contributed by atoms with Crippen LogP contribution in [-0.4, -0.2) is 27.0 Å². The van der Waals surface area contributed by atoms with Crippen molar-refractivity contribution in [3.8, 4) is 11.3 Å². The SMILES string of the molecule is NCc1cccc(-c2nc(C(=O)Nc3ccccc3CC(=O)O)nc3sccc23)c1. The number of anilines is 1. The first-order valence-corrected chi connectivity index (χ1v) is 10.1. The summed E-state index contributed by atoms with van der Waals surface area (Å²) in [6.45, 7) is 0.402. The van der Waals surface area contributed by atoms with Crippen LogP contribution in [0.3, 0.4) is 0 Å². The van der Waals surface area contributed by atoms with Crippen molar-refractivity contribution in [1.82, 2.24) is 9.97 Å². The first kappa shape index (κ1) is 19.7. The monoisotopic (exact) mass is 418 g/mol. The van der Waals surface area contributed by atoms with Crippen LogP contribution in [0.25, 0.3) is 21.5 Å². The molecule has 0 saturated heterocycles. The van der Waals surface area contributed by atoms with Crippen LogP contribution in [0, 0.1) is 0 Å². The lowest BCUT2D eigenvalue weighted by Gasteiger charge is -2.11. The smallest absolute Gasteiger partial charge is 0.307 e. The molecular weight excluding hydrogens is 400 g/mol. The normalized spacial score (nSPS) is 10.8. The fourth-order valence-electron chi connectivity index (χ4n) is 3.16. The number of nitrogens with one attached hydrogen (secondary N) is 1. The average Bonchev–Trinajstić information content (AvgIpc) is 3.23. The fourth-order valence-corrected chi connectivity index (χ4v) is 3.92. The molecule has 2 aromatic carbocycles. The van der Waals surface area contributed by atoms with Crippen LogP contribution in [0.2, 0.25) is 0 Å². The van der Waals surface area contributed by atoms with Crippen molar-refractivity contribution >= 4 is 39.1 Å². The highest BCUT2D eigenvalue weighted by Crippen LogP contribution is 2.30. The summed E-state index contributed by atoms with van der Waals surface area (Å²) in [6, 6.07) is 16.4. The second kappa shape index (κ2) is 8.40. The van der Waals surface area contributed by atoms with Gasteiger partial charge < -0.3 is 16.2 Å². The molecule has 0 fully saturated rings. The van der Waals surface area contributed by atoms with Gasteiger partial charge in [-0.3, -0.25) is 9.59 Å². The number of aliphatic carboxylic acids is 1. The third-order valence-electron chi connectivity index (χ3n) is 4.57. The van der Waals surface area contributed by atoms with E-state index >= 15 is 0 Å². The molecule has 0 bridgehead atoms. The lowest BCUT2D eigenvalue weighted by atomic mass is 10.1. The quantitative estimate of drug-likeness (QED) is 0.439. The molecule has 0 aliphatic carbocycles. The van der Waals surface area contributed by atoms with E-state index in [2.05, 4.69) is 15.3 Å². The van der Waals surface area contributed by atoms with Gasteiger partial charge in [-0.2, -0.15) is 0 Å².